The van der Waals surface area contributed by atoms with Crippen LogP contribution in [0.25, 0.3) is 16.9 Å². The Balaban J connectivity index is 1.65. The first-order valence-electron chi connectivity index (χ1n) is 9.88. The van der Waals surface area contributed by atoms with Crippen molar-refractivity contribution in [2.24, 2.45) is 0 Å². The Bertz CT molecular complexity index is 1240. The number of rotatable bonds is 5. The first kappa shape index (κ1) is 21.9. The molecule has 7 nitrogen and oxygen atoms in total. The number of anilines is 2. The lowest BCUT2D eigenvalue weighted by atomic mass is 10.1. The van der Waals surface area contributed by atoms with Crippen LogP contribution in [-0.4, -0.2) is 20.8 Å². The summed E-state index contributed by atoms with van der Waals surface area (Å²) >= 11 is 0. The number of hydrogen-bond acceptors (Lipinski definition) is 4. The summed E-state index contributed by atoms with van der Waals surface area (Å²) < 4.78 is 40.1. The van der Waals surface area contributed by atoms with E-state index in [1.807, 2.05) is 12.1 Å². The molecule has 10 heteroatoms. The zero-order valence-electron chi connectivity index (χ0n) is 17.2. The normalized spacial score (nSPS) is 11.2. The highest BCUT2D eigenvalue weighted by Crippen LogP contribution is 2.35. The van der Waals surface area contributed by atoms with Crippen LogP contribution in [0.2, 0.25) is 0 Å². The minimum Gasteiger partial charge on any atom is -0.382 e. The van der Waals surface area contributed by atoms with Crippen molar-refractivity contribution in [2.45, 2.75) is 12.7 Å². The standard InChI is InChI=1S/C23H19F3N6O/c24-23(25,26)17-8-10-18(11-9-17)32-21(27)20(19(31-32)16-6-2-1-3-7-16)30-22(33)29-14-15-5-4-12-28-13-15/h1-13H,14,27H2,(H2,29,30,33). The van der Waals surface area contributed by atoms with Crippen LogP contribution < -0.4 is 16.4 Å². The Hall–Kier alpha value is -4.34. The molecule has 4 N–H and O–H groups in total. The van der Waals surface area contributed by atoms with Gasteiger partial charge < -0.3 is 16.4 Å². The maximum Gasteiger partial charge on any atom is 0.416 e. The average molecular weight is 452 g/mol. The number of nitrogens with two attached hydrogens (primary N) is 1. The molecule has 0 aliphatic carbocycles. The number of pyridine rings is 1. The smallest absolute Gasteiger partial charge is 0.382 e. The fraction of sp³-hybridized carbons (Fsp3) is 0.0870. The van der Waals surface area contributed by atoms with Crippen LogP contribution in [0.1, 0.15) is 11.1 Å². The molecule has 0 radical (unpaired) electrons. The van der Waals surface area contributed by atoms with Gasteiger partial charge in [-0.05, 0) is 35.9 Å². The van der Waals surface area contributed by atoms with Gasteiger partial charge in [-0.1, -0.05) is 36.4 Å². The molecule has 2 amide bonds. The predicted molar refractivity (Wildman–Crippen MR) is 119 cm³/mol. The molecule has 0 saturated heterocycles. The fourth-order valence-corrected chi connectivity index (χ4v) is 3.18. The molecule has 0 saturated carbocycles. The van der Waals surface area contributed by atoms with Gasteiger partial charge in [0.2, 0.25) is 0 Å². The number of nitrogens with zero attached hydrogens (tertiary/aromatic N) is 3. The van der Waals surface area contributed by atoms with Gasteiger partial charge in [-0.25, -0.2) is 9.48 Å². The number of carbonyl (C=O) groups excluding carboxylic acids is 1. The number of urea groups is 1. The van der Waals surface area contributed by atoms with E-state index in [1.165, 1.54) is 16.8 Å². The summed E-state index contributed by atoms with van der Waals surface area (Å²) in [6.45, 7) is 0.243. The molecular weight excluding hydrogens is 433 g/mol. The molecule has 0 bridgehead atoms. The van der Waals surface area contributed by atoms with E-state index >= 15 is 0 Å². The third-order valence-electron chi connectivity index (χ3n) is 4.82. The van der Waals surface area contributed by atoms with Gasteiger partial charge in [0.1, 0.15) is 11.4 Å². The van der Waals surface area contributed by atoms with Gasteiger partial charge in [-0.3, -0.25) is 4.98 Å². The molecule has 0 spiro atoms. The molecular formula is C23H19F3N6O. The molecule has 2 heterocycles. The van der Waals surface area contributed by atoms with Crippen LogP contribution in [0, 0.1) is 0 Å². The van der Waals surface area contributed by atoms with E-state index in [9.17, 15) is 18.0 Å². The molecule has 4 aromatic rings. The van der Waals surface area contributed by atoms with E-state index < -0.39 is 17.8 Å². The summed E-state index contributed by atoms with van der Waals surface area (Å²) in [5.74, 6) is 0.0742. The van der Waals surface area contributed by atoms with E-state index in [-0.39, 0.29) is 18.1 Å². The van der Waals surface area contributed by atoms with Gasteiger partial charge in [0, 0.05) is 24.5 Å². The van der Waals surface area contributed by atoms with Crippen LogP contribution >= 0.6 is 0 Å². The van der Waals surface area contributed by atoms with E-state index in [4.69, 9.17) is 5.73 Å². The van der Waals surface area contributed by atoms with Crippen LogP contribution in [0.4, 0.5) is 29.5 Å². The van der Waals surface area contributed by atoms with E-state index in [0.717, 1.165) is 17.7 Å². The zero-order valence-corrected chi connectivity index (χ0v) is 17.2. The van der Waals surface area contributed by atoms with Crippen molar-refractivity contribution in [1.82, 2.24) is 20.1 Å². The summed E-state index contributed by atoms with van der Waals surface area (Å²) in [6.07, 6.45) is -1.19. The van der Waals surface area contributed by atoms with Gasteiger partial charge in [-0.15, -0.1) is 0 Å². The number of halogens is 3. The zero-order chi connectivity index (χ0) is 23.4. The Morgan fingerprint density at radius 1 is 1.00 bits per heavy atom. The maximum absolute atomic E-state index is 12.9. The van der Waals surface area contributed by atoms with Crippen molar-refractivity contribution in [3.05, 3.63) is 90.3 Å². The summed E-state index contributed by atoms with van der Waals surface area (Å²) in [7, 11) is 0. The van der Waals surface area contributed by atoms with Crippen molar-refractivity contribution in [1.29, 1.82) is 0 Å². The SMILES string of the molecule is Nc1c(NC(=O)NCc2cccnc2)c(-c2ccccc2)nn1-c1ccc(C(F)(F)F)cc1. The van der Waals surface area contributed by atoms with Crippen LogP contribution in [0.3, 0.4) is 0 Å². The number of benzene rings is 2. The number of alkyl halides is 3. The van der Waals surface area contributed by atoms with Gasteiger partial charge in [0.15, 0.2) is 5.82 Å². The monoisotopic (exact) mass is 452 g/mol. The second-order valence-corrected chi connectivity index (χ2v) is 7.10. The number of aromatic nitrogens is 3. The molecule has 0 fully saturated rings. The summed E-state index contributed by atoms with van der Waals surface area (Å²) in [4.78, 5) is 16.6. The Kier molecular flexibility index (Phi) is 5.99. The fourth-order valence-electron chi connectivity index (χ4n) is 3.18. The number of carbonyl (C=O) groups is 1. The predicted octanol–water partition coefficient (Wildman–Crippen LogP) is 4.86. The molecule has 0 aliphatic heterocycles. The number of nitrogen functional groups attached to an aromatic ring is 1. The first-order chi connectivity index (χ1) is 15.8. The Morgan fingerprint density at radius 3 is 2.36 bits per heavy atom. The Labute approximate surface area is 187 Å². The van der Waals surface area contributed by atoms with Crippen molar-refractivity contribution in [3.8, 4) is 16.9 Å². The minimum atomic E-state index is -4.46. The molecule has 33 heavy (non-hydrogen) atoms. The number of nitrogens with one attached hydrogen (secondary N) is 2. The van der Waals surface area contributed by atoms with Crippen LogP contribution in [0.5, 0.6) is 0 Å². The van der Waals surface area contributed by atoms with Gasteiger partial charge >= 0.3 is 12.2 Å². The quantitative estimate of drug-likeness (QED) is 0.403. The highest BCUT2D eigenvalue weighted by Gasteiger charge is 2.30. The highest BCUT2D eigenvalue weighted by molar-refractivity contribution is 5.97. The van der Waals surface area contributed by atoms with Gasteiger partial charge in [0.25, 0.3) is 0 Å². The molecule has 0 unspecified atom stereocenters. The lowest BCUT2D eigenvalue weighted by molar-refractivity contribution is -0.137. The number of hydrogen-bond donors (Lipinski definition) is 3. The van der Waals surface area contributed by atoms with Crippen molar-refractivity contribution in [3.63, 3.8) is 0 Å². The second kappa shape index (κ2) is 9.03. The van der Waals surface area contributed by atoms with Crippen molar-refractivity contribution < 1.29 is 18.0 Å². The summed E-state index contributed by atoms with van der Waals surface area (Å²) in [5.41, 5.74) is 7.92. The highest BCUT2D eigenvalue weighted by atomic mass is 19.4. The largest absolute Gasteiger partial charge is 0.416 e. The summed E-state index contributed by atoms with van der Waals surface area (Å²) in [6, 6.07) is 16.5. The van der Waals surface area contributed by atoms with Gasteiger partial charge in [-0.2, -0.15) is 18.3 Å². The van der Waals surface area contributed by atoms with Crippen LogP contribution in [0.15, 0.2) is 79.1 Å². The van der Waals surface area contributed by atoms with E-state index in [0.29, 0.717) is 16.9 Å². The maximum atomic E-state index is 12.9. The topological polar surface area (TPSA) is 97.9 Å². The third kappa shape index (κ3) is 4.95. The van der Waals surface area contributed by atoms with E-state index in [2.05, 4.69) is 20.7 Å². The second-order valence-electron chi connectivity index (χ2n) is 7.10. The molecule has 2 aromatic carbocycles. The molecule has 2 aromatic heterocycles. The van der Waals surface area contributed by atoms with E-state index in [1.54, 1.807) is 42.7 Å². The van der Waals surface area contributed by atoms with Crippen LogP contribution in [-0.2, 0) is 12.7 Å². The molecule has 0 atom stereocenters. The Morgan fingerprint density at radius 2 is 1.73 bits per heavy atom. The molecule has 168 valence electrons. The lowest BCUT2D eigenvalue weighted by Crippen LogP contribution is -2.28. The number of amides is 2. The van der Waals surface area contributed by atoms with Crippen molar-refractivity contribution in [2.75, 3.05) is 11.1 Å². The lowest BCUT2D eigenvalue weighted by Gasteiger charge is -2.10. The summed E-state index contributed by atoms with van der Waals surface area (Å²) in [5, 5.41) is 9.90. The van der Waals surface area contributed by atoms with Gasteiger partial charge in [0.05, 0.1) is 11.3 Å². The third-order valence-corrected chi connectivity index (χ3v) is 4.82. The first-order valence-corrected chi connectivity index (χ1v) is 9.88. The van der Waals surface area contributed by atoms with Crippen molar-refractivity contribution >= 4 is 17.5 Å². The average Bonchev–Trinajstić information content (AvgIpc) is 3.14. The minimum absolute atomic E-state index is 0.0742. The molecule has 0 aliphatic rings. The molecule has 4 rings (SSSR count).